The minimum Gasteiger partial charge on any atom is -0.497 e. The Morgan fingerprint density at radius 1 is 1.36 bits per heavy atom. The van der Waals surface area contributed by atoms with E-state index < -0.39 is 0 Å². The van der Waals surface area contributed by atoms with Gasteiger partial charge >= 0.3 is 0 Å². The second-order valence-corrected chi connectivity index (χ2v) is 5.57. The molecule has 1 aromatic carbocycles. The van der Waals surface area contributed by atoms with Crippen LogP contribution in [0.3, 0.4) is 0 Å². The van der Waals surface area contributed by atoms with Gasteiger partial charge in [-0.1, -0.05) is 0 Å². The fourth-order valence-electron chi connectivity index (χ4n) is 2.93. The number of hydrogen-bond acceptors (Lipinski definition) is 3. The quantitative estimate of drug-likeness (QED) is 0.920. The summed E-state index contributed by atoms with van der Waals surface area (Å²) in [6, 6.07) is 8.06. The molecule has 1 saturated heterocycles. The molecule has 0 unspecified atom stereocenters. The Balaban J connectivity index is 0.00000176. The molecule has 1 aromatic heterocycles. The molecule has 120 valence electrons. The van der Waals surface area contributed by atoms with E-state index in [1.165, 1.54) is 0 Å². The zero-order valence-electron chi connectivity index (χ0n) is 13.1. The lowest BCUT2D eigenvalue weighted by molar-refractivity contribution is 0.0646. The molecule has 0 spiro atoms. The van der Waals surface area contributed by atoms with E-state index in [2.05, 4.69) is 12.2 Å². The summed E-state index contributed by atoms with van der Waals surface area (Å²) in [6.45, 7) is 4.54. The number of rotatable bonds is 2. The zero-order valence-corrected chi connectivity index (χ0v) is 13.9. The zero-order chi connectivity index (χ0) is 15.0. The van der Waals surface area contributed by atoms with Crippen molar-refractivity contribution in [1.82, 2.24) is 14.8 Å². The molecule has 1 amide bonds. The molecule has 1 aliphatic heterocycles. The Kier molecular flexibility index (Phi) is 4.98. The number of hydrogen-bond donors (Lipinski definition) is 1. The number of fused-ring (bicyclic) bond motifs is 1. The maximum absolute atomic E-state index is 12.8. The van der Waals surface area contributed by atoms with Crippen LogP contribution < -0.4 is 10.1 Å². The fourth-order valence-corrected chi connectivity index (χ4v) is 2.93. The van der Waals surface area contributed by atoms with Crippen molar-refractivity contribution in [3.05, 3.63) is 30.0 Å². The lowest BCUT2D eigenvalue weighted by Crippen LogP contribution is -2.52. The van der Waals surface area contributed by atoms with Crippen molar-refractivity contribution in [2.24, 2.45) is 7.05 Å². The van der Waals surface area contributed by atoms with Crippen LogP contribution in [0.1, 0.15) is 17.4 Å². The molecule has 2 heterocycles. The van der Waals surface area contributed by atoms with Crippen LogP contribution in [-0.4, -0.2) is 48.2 Å². The number of carbonyl (C=O) groups is 1. The minimum absolute atomic E-state index is 0. The number of amides is 1. The number of piperazine rings is 1. The molecular weight excluding hydrogens is 302 g/mol. The second-order valence-electron chi connectivity index (χ2n) is 5.57. The summed E-state index contributed by atoms with van der Waals surface area (Å²) in [5.74, 6) is 0.903. The van der Waals surface area contributed by atoms with Gasteiger partial charge in [0.2, 0.25) is 0 Å². The maximum atomic E-state index is 12.8. The Bertz CT molecular complexity index is 683. The molecule has 2 aromatic rings. The van der Waals surface area contributed by atoms with Gasteiger partial charge in [-0.25, -0.2) is 0 Å². The Hall–Kier alpha value is -1.72. The highest BCUT2D eigenvalue weighted by Gasteiger charge is 2.26. The third-order valence-electron chi connectivity index (χ3n) is 4.23. The van der Waals surface area contributed by atoms with E-state index in [0.717, 1.165) is 42.0 Å². The first-order valence-corrected chi connectivity index (χ1v) is 7.27. The predicted molar refractivity (Wildman–Crippen MR) is 90.1 cm³/mol. The van der Waals surface area contributed by atoms with Crippen molar-refractivity contribution in [2.75, 3.05) is 26.7 Å². The van der Waals surface area contributed by atoms with Gasteiger partial charge in [-0.15, -0.1) is 12.4 Å². The first-order chi connectivity index (χ1) is 10.1. The molecule has 1 atom stereocenters. The highest BCUT2D eigenvalue weighted by Crippen LogP contribution is 2.25. The average molecular weight is 324 g/mol. The van der Waals surface area contributed by atoms with Gasteiger partial charge in [0.05, 0.1) is 12.6 Å². The normalized spacial score (nSPS) is 18.1. The van der Waals surface area contributed by atoms with E-state index in [0.29, 0.717) is 0 Å². The fraction of sp³-hybridized carbons (Fsp3) is 0.438. The van der Waals surface area contributed by atoms with E-state index >= 15 is 0 Å². The van der Waals surface area contributed by atoms with E-state index in [1.807, 2.05) is 40.8 Å². The maximum Gasteiger partial charge on any atom is 0.270 e. The van der Waals surface area contributed by atoms with E-state index in [1.54, 1.807) is 7.11 Å². The largest absolute Gasteiger partial charge is 0.497 e. The molecule has 5 nitrogen and oxygen atoms in total. The van der Waals surface area contributed by atoms with E-state index in [4.69, 9.17) is 4.74 Å². The summed E-state index contributed by atoms with van der Waals surface area (Å²) in [5, 5.41) is 4.37. The van der Waals surface area contributed by atoms with Crippen molar-refractivity contribution in [2.45, 2.75) is 13.0 Å². The van der Waals surface area contributed by atoms with Gasteiger partial charge < -0.3 is 19.5 Å². The number of halogens is 1. The van der Waals surface area contributed by atoms with Gasteiger partial charge in [-0.2, -0.15) is 0 Å². The van der Waals surface area contributed by atoms with Gasteiger partial charge in [-0.05, 0) is 25.1 Å². The van der Waals surface area contributed by atoms with E-state index in [9.17, 15) is 4.79 Å². The monoisotopic (exact) mass is 323 g/mol. The van der Waals surface area contributed by atoms with Gasteiger partial charge in [0.1, 0.15) is 11.4 Å². The Labute approximate surface area is 136 Å². The molecule has 0 bridgehead atoms. The third-order valence-corrected chi connectivity index (χ3v) is 4.23. The third kappa shape index (κ3) is 2.78. The highest BCUT2D eigenvalue weighted by molar-refractivity contribution is 5.99. The van der Waals surface area contributed by atoms with Crippen LogP contribution >= 0.6 is 12.4 Å². The van der Waals surface area contributed by atoms with E-state index in [-0.39, 0.29) is 24.4 Å². The van der Waals surface area contributed by atoms with Crippen LogP contribution in [0.15, 0.2) is 24.3 Å². The van der Waals surface area contributed by atoms with Gasteiger partial charge in [-0.3, -0.25) is 4.79 Å². The number of ether oxygens (including phenoxy) is 1. The SMILES string of the molecule is COc1ccc2cc(C(=O)N3CCNC[C@H]3C)n(C)c2c1.Cl. The first kappa shape index (κ1) is 16.6. The van der Waals surface area contributed by atoms with Crippen molar-refractivity contribution < 1.29 is 9.53 Å². The number of aromatic nitrogens is 1. The van der Waals surface area contributed by atoms with Crippen LogP contribution in [0.25, 0.3) is 10.9 Å². The van der Waals surface area contributed by atoms with Crippen molar-refractivity contribution in [3.8, 4) is 5.75 Å². The summed E-state index contributed by atoms with van der Waals surface area (Å²) in [5.41, 5.74) is 1.74. The standard InChI is InChI=1S/C16H21N3O2.ClH/c1-11-10-17-6-7-19(11)16(20)15-8-12-4-5-13(21-3)9-14(12)18(15)2;/h4-5,8-9,11,17H,6-7,10H2,1-3H3;1H/t11-;/m1./s1. The molecule has 0 saturated carbocycles. The molecule has 22 heavy (non-hydrogen) atoms. The summed E-state index contributed by atoms with van der Waals surface area (Å²) in [7, 11) is 3.58. The van der Waals surface area contributed by atoms with Crippen molar-refractivity contribution in [1.29, 1.82) is 0 Å². The number of aryl methyl sites for hydroxylation is 1. The Morgan fingerprint density at radius 2 is 2.14 bits per heavy atom. The average Bonchev–Trinajstić information content (AvgIpc) is 2.83. The number of methoxy groups -OCH3 is 1. The lowest BCUT2D eigenvalue weighted by atomic mass is 10.2. The molecule has 3 rings (SSSR count). The van der Waals surface area contributed by atoms with Crippen LogP contribution in [0, 0.1) is 0 Å². The van der Waals surface area contributed by atoms with Crippen molar-refractivity contribution >= 4 is 29.2 Å². The Morgan fingerprint density at radius 3 is 2.82 bits per heavy atom. The van der Waals surface area contributed by atoms with Crippen LogP contribution in [-0.2, 0) is 7.05 Å². The number of nitrogens with one attached hydrogen (secondary N) is 1. The summed E-state index contributed by atoms with van der Waals surface area (Å²) in [6.07, 6.45) is 0. The molecule has 6 heteroatoms. The van der Waals surface area contributed by atoms with Gasteiger partial charge in [0, 0.05) is 44.2 Å². The predicted octanol–water partition coefficient (Wildman–Crippen LogP) is 2.04. The molecule has 1 aliphatic rings. The topological polar surface area (TPSA) is 46.5 Å². The minimum atomic E-state index is 0. The summed E-state index contributed by atoms with van der Waals surface area (Å²) in [4.78, 5) is 14.7. The molecule has 0 aliphatic carbocycles. The smallest absolute Gasteiger partial charge is 0.270 e. The molecule has 1 fully saturated rings. The van der Waals surface area contributed by atoms with Crippen LogP contribution in [0.2, 0.25) is 0 Å². The van der Waals surface area contributed by atoms with Crippen LogP contribution in [0.4, 0.5) is 0 Å². The molecular formula is C16H22ClN3O2. The summed E-state index contributed by atoms with van der Waals surface area (Å²) >= 11 is 0. The van der Waals surface area contributed by atoms with Gasteiger partial charge in [0.25, 0.3) is 5.91 Å². The number of nitrogens with zero attached hydrogens (tertiary/aromatic N) is 2. The van der Waals surface area contributed by atoms with Crippen LogP contribution in [0.5, 0.6) is 5.75 Å². The summed E-state index contributed by atoms with van der Waals surface area (Å²) < 4.78 is 7.22. The van der Waals surface area contributed by atoms with Gasteiger partial charge in [0.15, 0.2) is 0 Å². The molecule has 0 radical (unpaired) electrons. The lowest BCUT2D eigenvalue weighted by Gasteiger charge is -2.34. The number of carbonyl (C=O) groups excluding carboxylic acids is 1. The number of benzene rings is 1. The highest BCUT2D eigenvalue weighted by atomic mass is 35.5. The molecule has 1 N–H and O–H groups in total. The first-order valence-electron chi connectivity index (χ1n) is 7.27. The van der Waals surface area contributed by atoms with Crippen molar-refractivity contribution in [3.63, 3.8) is 0 Å². The second kappa shape index (κ2) is 6.58.